The summed E-state index contributed by atoms with van der Waals surface area (Å²) in [6.07, 6.45) is 1.70. The largest absolute Gasteiger partial charge is 0.501 e. The van der Waals surface area contributed by atoms with E-state index in [2.05, 4.69) is 40.3 Å². The Kier molecular flexibility index (Phi) is 6.60. The molecule has 78 valence electrons. The van der Waals surface area contributed by atoms with Crippen molar-refractivity contribution in [2.45, 2.75) is 51.6 Å². The van der Waals surface area contributed by atoms with Crippen molar-refractivity contribution in [3.63, 3.8) is 0 Å². The number of hydrogen-bond acceptors (Lipinski definition) is 2. The fourth-order valence-electron chi connectivity index (χ4n) is 1.91. The third-order valence-electron chi connectivity index (χ3n) is 3.32. The fourth-order valence-corrected chi connectivity index (χ4v) is 5.57. The smallest absolute Gasteiger partial charge is 0.101 e. The summed E-state index contributed by atoms with van der Waals surface area (Å²) in [5.41, 5.74) is 0.413. The Balaban J connectivity index is 4.34. The first-order valence-electron chi connectivity index (χ1n) is 5.11. The normalized spacial score (nSPS) is 14.8. The van der Waals surface area contributed by atoms with Crippen LogP contribution in [0.15, 0.2) is 11.7 Å². The first-order chi connectivity index (χ1) is 6.16. The molecule has 0 fully saturated rings. The Morgan fingerprint density at radius 1 is 1.23 bits per heavy atom. The lowest BCUT2D eigenvalue weighted by molar-refractivity contribution is 0.220. The predicted octanol–water partition coefficient (Wildman–Crippen LogP) is 3.84. The fraction of sp³-hybridized carbons (Fsp3) is 0.800. The molecule has 3 heteroatoms. The number of rotatable bonds is 6. The average Bonchev–Trinajstić information content (AvgIpc) is 2.18. The lowest BCUT2D eigenvalue weighted by atomic mass is 10.8. The molecule has 0 bridgehead atoms. The minimum absolute atomic E-state index is 0.413. The monoisotopic (exact) mass is 218 g/mol. The maximum atomic E-state index is 5.63. The van der Waals surface area contributed by atoms with Crippen LogP contribution < -0.4 is 0 Å². The van der Waals surface area contributed by atoms with E-state index in [9.17, 15) is 0 Å². The van der Waals surface area contributed by atoms with Gasteiger partial charge >= 0.3 is 0 Å². The molecular formula is C10H22OSSi. The summed E-state index contributed by atoms with van der Waals surface area (Å²) in [6, 6.07) is 3.92. The second-order valence-electron chi connectivity index (χ2n) is 3.49. The van der Waals surface area contributed by atoms with Gasteiger partial charge in [0.1, 0.15) is 8.07 Å². The van der Waals surface area contributed by atoms with Crippen LogP contribution in [0.25, 0.3) is 0 Å². The molecule has 1 nitrogen and oxygen atoms in total. The van der Waals surface area contributed by atoms with E-state index in [1.165, 1.54) is 18.1 Å². The lowest BCUT2D eigenvalue weighted by Gasteiger charge is -2.33. The Hall–Kier alpha value is 0.107. The molecule has 0 rings (SSSR count). The van der Waals surface area contributed by atoms with Gasteiger partial charge < -0.3 is 4.74 Å². The van der Waals surface area contributed by atoms with Crippen LogP contribution in [0, 0.1) is 0 Å². The van der Waals surface area contributed by atoms with Crippen molar-refractivity contribution in [3.05, 3.63) is 11.7 Å². The molecule has 0 aliphatic heterocycles. The van der Waals surface area contributed by atoms with Gasteiger partial charge in [0.05, 0.1) is 12.0 Å². The molecule has 1 unspecified atom stereocenters. The zero-order valence-corrected chi connectivity index (χ0v) is 11.1. The summed E-state index contributed by atoms with van der Waals surface area (Å²) >= 11 is 3.99. The van der Waals surface area contributed by atoms with Crippen molar-refractivity contribution < 1.29 is 4.74 Å². The van der Waals surface area contributed by atoms with E-state index in [-0.39, 0.29) is 0 Å². The standard InChI is InChI=1S/C10H22OSSi/c1-5-13(6-2,7-3)10(4)11-8-9-12/h8-10,12H,5-7H2,1-4H3/b9-8+. The summed E-state index contributed by atoms with van der Waals surface area (Å²) in [5, 5.41) is 1.66. The predicted molar refractivity (Wildman–Crippen MR) is 65.9 cm³/mol. The van der Waals surface area contributed by atoms with Crippen molar-refractivity contribution in [3.8, 4) is 0 Å². The Morgan fingerprint density at radius 3 is 2.00 bits per heavy atom. The van der Waals surface area contributed by atoms with Crippen LogP contribution in [-0.4, -0.2) is 13.8 Å². The molecule has 0 heterocycles. The highest BCUT2D eigenvalue weighted by atomic mass is 32.1. The quantitative estimate of drug-likeness (QED) is 0.405. The summed E-state index contributed by atoms with van der Waals surface area (Å²) in [4.78, 5) is 0. The maximum Gasteiger partial charge on any atom is 0.101 e. The van der Waals surface area contributed by atoms with Gasteiger partial charge in [0, 0.05) is 5.41 Å². The summed E-state index contributed by atoms with van der Waals surface area (Å²) < 4.78 is 5.63. The molecule has 13 heavy (non-hydrogen) atoms. The highest BCUT2D eigenvalue weighted by Gasteiger charge is 2.34. The molecule has 0 aromatic heterocycles. The van der Waals surface area contributed by atoms with Crippen molar-refractivity contribution in [2.24, 2.45) is 0 Å². The molecule has 0 aromatic carbocycles. The van der Waals surface area contributed by atoms with E-state index < -0.39 is 8.07 Å². The lowest BCUT2D eigenvalue weighted by Crippen LogP contribution is -2.44. The zero-order chi connectivity index (χ0) is 10.3. The maximum absolute atomic E-state index is 5.63. The van der Waals surface area contributed by atoms with Crippen molar-refractivity contribution in [1.29, 1.82) is 0 Å². The number of thiol groups is 1. The molecule has 0 radical (unpaired) electrons. The van der Waals surface area contributed by atoms with E-state index in [4.69, 9.17) is 4.74 Å². The summed E-state index contributed by atoms with van der Waals surface area (Å²) in [5.74, 6) is 0. The van der Waals surface area contributed by atoms with Crippen LogP contribution in [0.3, 0.4) is 0 Å². The molecule has 0 aliphatic rings. The van der Waals surface area contributed by atoms with E-state index in [1.54, 1.807) is 11.7 Å². The van der Waals surface area contributed by atoms with E-state index >= 15 is 0 Å². The van der Waals surface area contributed by atoms with Crippen LogP contribution in [0.4, 0.5) is 0 Å². The van der Waals surface area contributed by atoms with Gasteiger partial charge in [0.2, 0.25) is 0 Å². The van der Waals surface area contributed by atoms with Crippen LogP contribution >= 0.6 is 12.6 Å². The summed E-state index contributed by atoms with van der Waals surface area (Å²) in [7, 11) is -1.17. The second-order valence-corrected chi connectivity index (χ2v) is 9.44. The van der Waals surface area contributed by atoms with Crippen LogP contribution in [-0.2, 0) is 4.74 Å². The van der Waals surface area contributed by atoms with Gasteiger partial charge in [-0.05, 0) is 6.92 Å². The molecule has 0 saturated carbocycles. The van der Waals surface area contributed by atoms with Crippen LogP contribution in [0.2, 0.25) is 18.1 Å². The van der Waals surface area contributed by atoms with Gasteiger partial charge in [-0.3, -0.25) is 0 Å². The second kappa shape index (κ2) is 6.54. The molecular weight excluding hydrogens is 196 g/mol. The minimum Gasteiger partial charge on any atom is -0.501 e. The topological polar surface area (TPSA) is 9.23 Å². The van der Waals surface area contributed by atoms with Gasteiger partial charge in [0.25, 0.3) is 0 Å². The molecule has 0 amide bonds. The molecule has 0 N–H and O–H groups in total. The summed E-state index contributed by atoms with van der Waals surface area (Å²) in [6.45, 7) is 9.09. The van der Waals surface area contributed by atoms with Crippen molar-refractivity contribution >= 4 is 20.7 Å². The zero-order valence-electron chi connectivity index (χ0n) is 9.21. The molecule has 0 saturated heterocycles. The number of ether oxygens (including phenoxy) is 1. The first-order valence-corrected chi connectivity index (χ1v) is 8.33. The Bertz CT molecular complexity index is 147. The van der Waals surface area contributed by atoms with Gasteiger partial charge in [0.15, 0.2) is 0 Å². The SMILES string of the molecule is CC[Si](CC)(CC)C(C)O/C=C/S. The Labute approximate surface area is 89.0 Å². The third kappa shape index (κ3) is 3.39. The third-order valence-corrected chi connectivity index (χ3v) is 9.53. The van der Waals surface area contributed by atoms with Gasteiger partial charge in [-0.25, -0.2) is 0 Å². The Morgan fingerprint density at radius 2 is 1.69 bits per heavy atom. The highest BCUT2D eigenvalue weighted by molar-refractivity contribution is 7.83. The van der Waals surface area contributed by atoms with E-state index in [0.717, 1.165) is 0 Å². The molecule has 0 aliphatic carbocycles. The highest BCUT2D eigenvalue weighted by Crippen LogP contribution is 2.26. The van der Waals surface area contributed by atoms with Crippen LogP contribution in [0.1, 0.15) is 27.7 Å². The number of hydrogen-bond donors (Lipinski definition) is 1. The van der Waals surface area contributed by atoms with Crippen LogP contribution in [0.5, 0.6) is 0 Å². The first kappa shape index (κ1) is 13.1. The molecule has 0 aromatic rings. The van der Waals surface area contributed by atoms with E-state index in [0.29, 0.717) is 5.73 Å². The van der Waals surface area contributed by atoms with Gasteiger partial charge in [-0.15, -0.1) is 12.6 Å². The van der Waals surface area contributed by atoms with Crippen molar-refractivity contribution in [1.82, 2.24) is 0 Å². The van der Waals surface area contributed by atoms with Gasteiger partial charge in [-0.2, -0.15) is 0 Å². The molecule has 1 atom stereocenters. The van der Waals surface area contributed by atoms with Gasteiger partial charge in [-0.1, -0.05) is 38.9 Å². The van der Waals surface area contributed by atoms with E-state index in [1.807, 2.05) is 0 Å². The van der Waals surface area contributed by atoms with Crippen molar-refractivity contribution in [2.75, 3.05) is 0 Å². The minimum atomic E-state index is -1.17. The molecule has 0 spiro atoms. The average molecular weight is 218 g/mol.